The number of thiazole rings is 1. The van der Waals surface area contributed by atoms with Gasteiger partial charge in [0.15, 0.2) is 0 Å². The Morgan fingerprint density at radius 2 is 1.76 bits per heavy atom. The van der Waals surface area contributed by atoms with Gasteiger partial charge in [-0.05, 0) is 38.1 Å². The highest BCUT2D eigenvalue weighted by Gasteiger charge is 2.10. The molecule has 0 spiro atoms. The molecule has 0 fully saturated rings. The van der Waals surface area contributed by atoms with Crippen molar-refractivity contribution in [3.05, 3.63) is 76.0 Å². The molecule has 128 valence electrons. The van der Waals surface area contributed by atoms with Crippen LogP contribution in [0.2, 0.25) is 0 Å². The number of hydrogen-bond acceptors (Lipinski definition) is 3. The second-order valence-electron chi connectivity index (χ2n) is 5.91. The van der Waals surface area contributed by atoms with E-state index >= 15 is 0 Å². The van der Waals surface area contributed by atoms with Gasteiger partial charge in [-0.1, -0.05) is 29.8 Å². The summed E-state index contributed by atoms with van der Waals surface area (Å²) in [6.45, 7) is 4.57. The molecule has 5 heteroatoms. The van der Waals surface area contributed by atoms with Gasteiger partial charge in [-0.25, -0.2) is 9.37 Å². The molecule has 1 N–H and O–H groups in total. The molecule has 25 heavy (non-hydrogen) atoms. The van der Waals surface area contributed by atoms with E-state index in [-0.39, 0.29) is 11.7 Å². The molecule has 3 nitrogen and oxygen atoms in total. The Kier molecular flexibility index (Phi) is 5.24. The fourth-order valence-electron chi connectivity index (χ4n) is 2.47. The molecule has 1 heterocycles. The minimum Gasteiger partial charge on any atom is -0.352 e. The largest absolute Gasteiger partial charge is 0.352 e. The average molecular weight is 354 g/mol. The lowest BCUT2D eigenvalue weighted by molar-refractivity contribution is 0.0954. The Hall–Kier alpha value is -2.53. The zero-order chi connectivity index (χ0) is 17.8. The summed E-state index contributed by atoms with van der Waals surface area (Å²) >= 11 is 1.66. The van der Waals surface area contributed by atoms with Crippen LogP contribution in [0.1, 0.15) is 26.5 Å². The number of amides is 1. The number of nitrogens with one attached hydrogen (secondary N) is 1. The minimum absolute atomic E-state index is 0.194. The smallest absolute Gasteiger partial charge is 0.251 e. The molecule has 0 radical (unpaired) electrons. The maximum Gasteiger partial charge on any atom is 0.251 e. The molecule has 3 rings (SSSR count). The van der Waals surface area contributed by atoms with Gasteiger partial charge in [0.1, 0.15) is 10.8 Å². The first-order valence-electron chi connectivity index (χ1n) is 8.10. The Balaban J connectivity index is 1.61. The minimum atomic E-state index is -0.347. The van der Waals surface area contributed by atoms with Gasteiger partial charge in [0.05, 0.1) is 5.69 Å². The van der Waals surface area contributed by atoms with Gasteiger partial charge in [0, 0.05) is 29.0 Å². The third-order valence-electron chi connectivity index (χ3n) is 3.94. The fraction of sp³-hybridized carbons (Fsp3) is 0.200. The Morgan fingerprint density at radius 1 is 1.08 bits per heavy atom. The third-order valence-corrected chi connectivity index (χ3v) is 5.20. The summed E-state index contributed by atoms with van der Waals surface area (Å²) in [6.07, 6.45) is 0.725. The van der Waals surface area contributed by atoms with E-state index in [0.717, 1.165) is 27.6 Å². The molecule has 1 amide bonds. The van der Waals surface area contributed by atoms with Crippen LogP contribution >= 0.6 is 11.3 Å². The van der Waals surface area contributed by atoms with Crippen LogP contribution in [0.5, 0.6) is 0 Å². The molecule has 0 aliphatic carbocycles. The first kappa shape index (κ1) is 17.3. The monoisotopic (exact) mass is 354 g/mol. The van der Waals surface area contributed by atoms with E-state index in [0.29, 0.717) is 12.1 Å². The Bertz CT molecular complexity index is 870. The highest BCUT2D eigenvalue weighted by Crippen LogP contribution is 2.28. The highest BCUT2D eigenvalue weighted by atomic mass is 32.1. The Morgan fingerprint density at radius 3 is 2.44 bits per heavy atom. The summed E-state index contributed by atoms with van der Waals surface area (Å²) in [5, 5.41) is 3.87. The second-order valence-corrected chi connectivity index (χ2v) is 6.99. The molecule has 0 saturated heterocycles. The van der Waals surface area contributed by atoms with Gasteiger partial charge in [-0.3, -0.25) is 4.79 Å². The third kappa shape index (κ3) is 4.31. The lowest BCUT2D eigenvalue weighted by Gasteiger charge is -2.04. The van der Waals surface area contributed by atoms with Crippen LogP contribution in [0.3, 0.4) is 0 Å². The van der Waals surface area contributed by atoms with E-state index in [2.05, 4.69) is 41.5 Å². The van der Waals surface area contributed by atoms with Crippen molar-refractivity contribution in [3.8, 4) is 10.6 Å². The van der Waals surface area contributed by atoms with E-state index in [1.165, 1.54) is 29.8 Å². The summed E-state index contributed by atoms with van der Waals surface area (Å²) in [5.41, 5.74) is 3.79. The van der Waals surface area contributed by atoms with E-state index in [1.54, 1.807) is 11.3 Å². The van der Waals surface area contributed by atoms with E-state index in [1.807, 2.05) is 6.92 Å². The molecular weight excluding hydrogens is 335 g/mol. The molecule has 0 bridgehead atoms. The van der Waals surface area contributed by atoms with Gasteiger partial charge < -0.3 is 5.32 Å². The fourth-order valence-corrected chi connectivity index (χ4v) is 3.54. The van der Waals surface area contributed by atoms with E-state index < -0.39 is 0 Å². The van der Waals surface area contributed by atoms with Crippen molar-refractivity contribution in [3.63, 3.8) is 0 Å². The predicted molar refractivity (Wildman–Crippen MR) is 99.5 cm³/mol. The predicted octanol–water partition coefficient (Wildman–Crippen LogP) is 4.54. The topological polar surface area (TPSA) is 42.0 Å². The average Bonchev–Trinajstić information content (AvgIpc) is 2.97. The molecule has 0 atom stereocenters. The van der Waals surface area contributed by atoms with Crippen molar-refractivity contribution in [1.82, 2.24) is 10.3 Å². The number of benzene rings is 2. The number of halogens is 1. The van der Waals surface area contributed by atoms with Crippen LogP contribution in [0.4, 0.5) is 4.39 Å². The van der Waals surface area contributed by atoms with Crippen LogP contribution in [0.25, 0.3) is 10.6 Å². The van der Waals surface area contributed by atoms with Gasteiger partial charge in [0.25, 0.3) is 5.91 Å². The van der Waals surface area contributed by atoms with Gasteiger partial charge in [-0.2, -0.15) is 0 Å². The SMILES string of the molecule is Cc1ccc(-c2nc(C)c(CCNC(=O)c3ccc(F)cc3)s2)cc1. The standard InChI is InChI=1S/C20H19FN2OS/c1-13-3-5-16(6-4-13)20-23-14(2)18(25-20)11-12-22-19(24)15-7-9-17(21)10-8-15/h3-10H,11-12H2,1-2H3,(H,22,24). The summed E-state index contributed by atoms with van der Waals surface area (Å²) < 4.78 is 12.9. The van der Waals surface area contributed by atoms with Crippen molar-refractivity contribution in [2.24, 2.45) is 0 Å². The van der Waals surface area contributed by atoms with Crippen molar-refractivity contribution >= 4 is 17.2 Å². The summed E-state index contributed by atoms with van der Waals surface area (Å²) in [7, 11) is 0. The van der Waals surface area contributed by atoms with Gasteiger partial charge >= 0.3 is 0 Å². The van der Waals surface area contributed by atoms with Crippen molar-refractivity contribution in [2.45, 2.75) is 20.3 Å². The summed E-state index contributed by atoms with van der Waals surface area (Å²) in [5.74, 6) is -0.540. The molecule has 2 aromatic carbocycles. The van der Waals surface area contributed by atoms with E-state index in [9.17, 15) is 9.18 Å². The second kappa shape index (κ2) is 7.57. The molecule has 0 aliphatic rings. The van der Waals surface area contributed by atoms with Crippen LogP contribution in [0.15, 0.2) is 48.5 Å². The van der Waals surface area contributed by atoms with Crippen LogP contribution in [-0.4, -0.2) is 17.4 Å². The van der Waals surface area contributed by atoms with Crippen LogP contribution in [-0.2, 0) is 6.42 Å². The number of carbonyl (C=O) groups excluding carboxylic acids is 1. The molecular formula is C20H19FN2OS. The van der Waals surface area contributed by atoms with Crippen molar-refractivity contribution in [1.29, 1.82) is 0 Å². The van der Waals surface area contributed by atoms with E-state index in [4.69, 9.17) is 0 Å². The lowest BCUT2D eigenvalue weighted by Crippen LogP contribution is -2.25. The number of hydrogen-bond donors (Lipinski definition) is 1. The summed E-state index contributed by atoms with van der Waals surface area (Å²) in [4.78, 5) is 17.8. The number of aromatic nitrogens is 1. The Labute approximate surface area is 150 Å². The quantitative estimate of drug-likeness (QED) is 0.731. The number of carbonyl (C=O) groups is 1. The first-order valence-corrected chi connectivity index (χ1v) is 8.91. The van der Waals surface area contributed by atoms with Crippen molar-refractivity contribution < 1.29 is 9.18 Å². The number of nitrogens with zero attached hydrogens (tertiary/aromatic N) is 1. The first-order chi connectivity index (χ1) is 12.0. The van der Waals surface area contributed by atoms with Gasteiger partial charge in [0.2, 0.25) is 0 Å². The number of aryl methyl sites for hydroxylation is 2. The number of rotatable bonds is 5. The zero-order valence-electron chi connectivity index (χ0n) is 14.2. The van der Waals surface area contributed by atoms with Crippen LogP contribution < -0.4 is 5.32 Å². The molecule has 0 aliphatic heterocycles. The lowest BCUT2D eigenvalue weighted by atomic mass is 10.2. The summed E-state index contributed by atoms with van der Waals surface area (Å²) in [6, 6.07) is 13.9. The molecule has 0 saturated carbocycles. The maximum absolute atomic E-state index is 12.9. The molecule has 3 aromatic rings. The molecule has 0 unspecified atom stereocenters. The van der Waals surface area contributed by atoms with Crippen LogP contribution in [0, 0.1) is 19.7 Å². The highest BCUT2D eigenvalue weighted by molar-refractivity contribution is 7.15. The molecule has 1 aromatic heterocycles. The normalized spacial score (nSPS) is 10.7. The maximum atomic E-state index is 12.9. The van der Waals surface area contributed by atoms with Crippen molar-refractivity contribution in [2.75, 3.05) is 6.54 Å². The van der Waals surface area contributed by atoms with Gasteiger partial charge in [-0.15, -0.1) is 11.3 Å². The zero-order valence-corrected chi connectivity index (χ0v) is 15.0.